The third-order valence-electron chi connectivity index (χ3n) is 2.41. The van der Waals surface area contributed by atoms with Gasteiger partial charge in [0.15, 0.2) is 0 Å². The molecule has 4 heteroatoms. The van der Waals surface area contributed by atoms with Gasteiger partial charge in [-0.25, -0.2) is 0 Å². The molecule has 0 aliphatic carbocycles. The van der Waals surface area contributed by atoms with Crippen molar-refractivity contribution in [3.05, 3.63) is 29.8 Å². The fraction of sp³-hybridized carbons (Fsp3) is 0.417. The van der Waals surface area contributed by atoms with Gasteiger partial charge in [0.25, 0.3) is 0 Å². The summed E-state index contributed by atoms with van der Waals surface area (Å²) < 4.78 is 5.56. The maximum Gasteiger partial charge on any atom is 0.234 e. The number of para-hydroxylation sites is 1. The van der Waals surface area contributed by atoms with Crippen molar-refractivity contribution < 1.29 is 9.53 Å². The van der Waals surface area contributed by atoms with Crippen molar-refractivity contribution in [2.45, 2.75) is 25.8 Å². The summed E-state index contributed by atoms with van der Waals surface area (Å²) in [5.74, 6) is 0.356. The highest BCUT2D eigenvalue weighted by Gasteiger charge is 2.09. The highest BCUT2D eigenvalue weighted by Crippen LogP contribution is 2.18. The number of benzene rings is 1. The molecule has 1 aromatic carbocycles. The van der Waals surface area contributed by atoms with Crippen LogP contribution in [-0.4, -0.2) is 18.6 Å². The molecule has 4 nitrogen and oxygen atoms in total. The molecule has 1 unspecified atom stereocenters. The zero-order valence-electron chi connectivity index (χ0n) is 9.48. The molecular formula is C12H18N2O2. The van der Waals surface area contributed by atoms with Crippen molar-refractivity contribution in [1.29, 1.82) is 0 Å². The molecular weight excluding hydrogens is 204 g/mol. The van der Waals surface area contributed by atoms with Crippen LogP contribution in [0.5, 0.6) is 5.75 Å². The van der Waals surface area contributed by atoms with Crippen LogP contribution in [0, 0.1) is 0 Å². The van der Waals surface area contributed by atoms with Gasteiger partial charge in [-0.1, -0.05) is 25.1 Å². The van der Waals surface area contributed by atoms with Crippen LogP contribution in [0.25, 0.3) is 0 Å². The average molecular weight is 222 g/mol. The molecule has 0 saturated carbocycles. The molecule has 88 valence electrons. The summed E-state index contributed by atoms with van der Waals surface area (Å²) in [7, 11) is 0. The number of ether oxygens (including phenoxy) is 1. The predicted molar refractivity (Wildman–Crippen MR) is 63.1 cm³/mol. The number of carbonyl (C=O) groups is 1. The number of rotatable bonds is 6. The normalized spacial score (nSPS) is 12.1. The molecule has 0 aromatic heterocycles. The van der Waals surface area contributed by atoms with Crippen molar-refractivity contribution in [3.63, 3.8) is 0 Å². The largest absolute Gasteiger partial charge is 0.493 e. The van der Waals surface area contributed by atoms with E-state index in [1.807, 2.05) is 24.3 Å². The molecule has 0 bridgehead atoms. The monoisotopic (exact) mass is 222 g/mol. The smallest absolute Gasteiger partial charge is 0.234 e. The van der Waals surface area contributed by atoms with Gasteiger partial charge in [-0.15, -0.1) is 0 Å². The molecule has 1 rings (SSSR count). The first-order valence-corrected chi connectivity index (χ1v) is 5.40. The lowest BCUT2D eigenvalue weighted by atomic mass is 10.1. The van der Waals surface area contributed by atoms with Gasteiger partial charge in [0.05, 0.1) is 12.6 Å². The van der Waals surface area contributed by atoms with Crippen molar-refractivity contribution in [2.24, 2.45) is 11.5 Å². The van der Waals surface area contributed by atoms with Crippen LogP contribution in [-0.2, 0) is 11.2 Å². The molecule has 0 aliphatic heterocycles. The zero-order chi connectivity index (χ0) is 12.0. The minimum absolute atomic E-state index is 0.404. The average Bonchev–Trinajstić information content (AvgIpc) is 2.29. The van der Waals surface area contributed by atoms with E-state index < -0.39 is 11.9 Å². The number of hydrogen-bond acceptors (Lipinski definition) is 3. The van der Waals surface area contributed by atoms with Gasteiger partial charge in [-0.2, -0.15) is 0 Å². The van der Waals surface area contributed by atoms with E-state index in [1.165, 1.54) is 0 Å². The molecule has 1 aromatic rings. The second-order valence-electron chi connectivity index (χ2n) is 3.61. The number of amides is 1. The Kier molecular flexibility index (Phi) is 4.79. The predicted octanol–water partition coefficient (Wildman–Crippen LogP) is 0.831. The van der Waals surface area contributed by atoms with E-state index in [-0.39, 0.29) is 0 Å². The first-order valence-electron chi connectivity index (χ1n) is 5.40. The second kappa shape index (κ2) is 6.12. The van der Waals surface area contributed by atoms with E-state index in [1.54, 1.807) is 0 Å². The molecule has 1 amide bonds. The summed E-state index contributed by atoms with van der Waals surface area (Å²) in [6.45, 7) is 2.47. The Labute approximate surface area is 95.6 Å². The Morgan fingerprint density at radius 1 is 1.44 bits per heavy atom. The minimum Gasteiger partial charge on any atom is -0.493 e. The van der Waals surface area contributed by atoms with E-state index in [2.05, 4.69) is 6.92 Å². The molecule has 0 fully saturated rings. The Morgan fingerprint density at radius 2 is 2.12 bits per heavy atom. The summed E-state index contributed by atoms with van der Waals surface area (Å²) >= 11 is 0. The molecule has 0 saturated heterocycles. The van der Waals surface area contributed by atoms with E-state index in [0.29, 0.717) is 13.0 Å². The topological polar surface area (TPSA) is 78.3 Å². The van der Waals surface area contributed by atoms with E-state index >= 15 is 0 Å². The fourth-order valence-electron chi connectivity index (χ4n) is 1.37. The Hall–Kier alpha value is -1.55. The standard InChI is InChI=1S/C12H18N2O2/c1-2-9-5-3-4-6-11(9)16-8-7-10(13)12(14)15/h3-6,10H,2,7-8,13H2,1H3,(H2,14,15). The Morgan fingerprint density at radius 3 is 2.75 bits per heavy atom. The highest BCUT2D eigenvalue weighted by atomic mass is 16.5. The quantitative estimate of drug-likeness (QED) is 0.748. The number of hydrogen-bond donors (Lipinski definition) is 2. The van der Waals surface area contributed by atoms with Gasteiger partial charge in [0.1, 0.15) is 5.75 Å². The van der Waals surface area contributed by atoms with Crippen LogP contribution in [0.15, 0.2) is 24.3 Å². The van der Waals surface area contributed by atoms with Gasteiger partial charge in [-0.3, -0.25) is 4.79 Å². The third kappa shape index (κ3) is 3.55. The molecule has 0 heterocycles. The minimum atomic E-state index is -0.631. The second-order valence-corrected chi connectivity index (χ2v) is 3.61. The Balaban J connectivity index is 2.45. The summed E-state index contributed by atoms with van der Waals surface area (Å²) in [6, 6.07) is 7.19. The molecule has 4 N–H and O–H groups in total. The van der Waals surface area contributed by atoms with Crippen molar-refractivity contribution >= 4 is 5.91 Å². The molecule has 0 radical (unpaired) electrons. The fourth-order valence-corrected chi connectivity index (χ4v) is 1.37. The summed E-state index contributed by atoms with van der Waals surface area (Å²) in [5, 5.41) is 0. The SMILES string of the molecule is CCc1ccccc1OCCC(N)C(N)=O. The Bertz CT molecular complexity index is 353. The zero-order valence-corrected chi connectivity index (χ0v) is 9.48. The molecule has 16 heavy (non-hydrogen) atoms. The number of carbonyl (C=O) groups excluding carboxylic acids is 1. The first kappa shape index (κ1) is 12.5. The number of aryl methyl sites for hydroxylation is 1. The molecule has 1 atom stereocenters. The first-order chi connectivity index (χ1) is 7.65. The van der Waals surface area contributed by atoms with Crippen LogP contribution in [0.3, 0.4) is 0 Å². The van der Waals surface area contributed by atoms with E-state index in [9.17, 15) is 4.79 Å². The lowest BCUT2D eigenvalue weighted by Gasteiger charge is -2.11. The van der Waals surface area contributed by atoms with Gasteiger partial charge in [0.2, 0.25) is 5.91 Å². The van der Waals surface area contributed by atoms with Crippen LogP contribution in [0.4, 0.5) is 0 Å². The van der Waals surface area contributed by atoms with Crippen molar-refractivity contribution in [2.75, 3.05) is 6.61 Å². The van der Waals surface area contributed by atoms with Crippen LogP contribution in [0.1, 0.15) is 18.9 Å². The number of primary amides is 1. The highest BCUT2D eigenvalue weighted by molar-refractivity contribution is 5.79. The lowest BCUT2D eigenvalue weighted by Crippen LogP contribution is -2.37. The maximum absolute atomic E-state index is 10.7. The van der Waals surface area contributed by atoms with Crippen LogP contribution < -0.4 is 16.2 Å². The summed E-state index contributed by atoms with van der Waals surface area (Å²) in [4.78, 5) is 10.7. The van der Waals surface area contributed by atoms with Gasteiger partial charge in [-0.05, 0) is 18.1 Å². The van der Waals surface area contributed by atoms with Gasteiger partial charge in [0, 0.05) is 6.42 Å². The van der Waals surface area contributed by atoms with Gasteiger partial charge < -0.3 is 16.2 Å². The molecule has 0 spiro atoms. The third-order valence-corrected chi connectivity index (χ3v) is 2.41. The van der Waals surface area contributed by atoms with Crippen LogP contribution in [0.2, 0.25) is 0 Å². The summed E-state index contributed by atoms with van der Waals surface area (Å²) in [5.41, 5.74) is 11.7. The lowest BCUT2D eigenvalue weighted by molar-refractivity contribution is -0.119. The maximum atomic E-state index is 10.7. The van der Waals surface area contributed by atoms with Crippen LogP contribution >= 0.6 is 0 Å². The number of nitrogens with two attached hydrogens (primary N) is 2. The van der Waals surface area contributed by atoms with Crippen molar-refractivity contribution in [1.82, 2.24) is 0 Å². The van der Waals surface area contributed by atoms with Gasteiger partial charge >= 0.3 is 0 Å². The van der Waals surface area contributed by atoms with Crippen molar-refractivity contribution in [3.8, 4) is 5.75 Å². The summed E-state index contributed by atoms with van der Waals surface area (Å²) in [6.07, 6.45) is 1.35. The van der Waals surface area contributed by atoms with E-state index in [0.717, 1.165) is 17.7 Å². The molecule has 0 aliphatic rings. The van der Waals surface area contributed by atoms with E-state index in [4.69, 9.17) is 16.2 Å².